The molecule has 0 radical (unpaired) electrons. The fraction of sp³-hybridized carbons (Fsp3) is 0.222. The van der Waals surface area contributed by atoms with Gasteiger partial charge in [-0.15, -0.1) is 0 Å². The number of rotatable bonds is 6. The topological polar surface area (TPSA) is 79.7 Å². The summed E-state index contributed by atoms with van der Waals surface area (Å²) in [6, 6.07) is 14.7. The lowest BCUT2D eigenvalue weighted by atomic mass is 9.95. The highest BCUT2D eigenvalue weighted by Gasteiger charge is 2.47. The number of ketones is 1. The predicted octanol–water partition coefficient (Wildman–Crippen LogP) is 5.70. The Morgan fingerprint density at radius 1 is 1.12 bits per heavy atom. The van der Waals surface area contributed by atoms with E-state index in [4.69, 9.17) is 16.3 Å². The minimum Gasteiger partial charge on any atom is -0.507 e. The first-order valence-corrected chi connectivity index (χ1v) is 11.4. The Kier molecular flexibility index (Phi) is 6.70. The summed E-state index contributed by atoms with van der Waals surface area (Å²) in [5.74, 6) is -0.876. The summed E-state index contributed by atoms with van der Waals surface area (Å²) in [6.07, 6.45) is 3.17. The van der Waals surface area contributed by atoms with Gasteiger partial charge in [0.2, 0.25) is 0 Å². The highest BCUT2D eigenvalue weighted by atomic mass is 35.5. The molecule has 4 rings (SSSR count). The lowest BCUT2D eigenvalue weighted by molar-refractivity contribution is -0.132. The van der Waals surface area contributed by atoms with Gasteiger partial charge in [0, 0.05) is 28.7 Å². The number of carbonyl (C=O) groups is 2. The molecule has 174 valence electrons. The number of anilines is 1. The van der Waals surface area contributed by atoms with Crippen LogP contribution in [0.4, 0.5) is 5.69 Å². The molecule has 0 spiro atoms. The van der Waals surface area contributed by atoms with Gasteiger partial charge in [0.25, 0.3) is 11.7 Å². The molecule has 1 fully saturated rings. The zero-order chi connectivity index (χ0) is 24.4. The molecular weight excluding hydrogens is 452 g/mol. The number of aromatic nitrogens is 1. The van der Waals surface area contributed by atoms with Crippen molar-refractivity contribution >= 4 is 34.7 Å². The summed E-state index contributed by atoms with van der Waals surface area (Å²) in [5.41, 5.74) is 2.19. The van der Waals surface area contributed by atoms with Crippen LogP contribution in [0.5, 0.6) is 5.75 Å². The molecule has 3 aromatic rings. The van der Waals surface area contributed by atoms with Crippen LogP contribution in [0, 0.1) is 12.8 Å². The fourth-order valence-electron chi connectivity index (χ4n) is 3.95. The lowest BCUT2D eigenvalue weighted by Crippen LogP contribution is -2.30. The SMILES string of the molecule is Cc1c(Cl)cccc1N1C(=O)C(=O)/C(=C(/O)c2cccc(OCC(C)C)c2)C1c1ccncc1. The maximum Gasteiger partial charge on any atom is 0.300 e. The van der Waals surface area contributed by atoms with Gasteiger partial charge >= 0.3 is 0 Å². The molecule has 2 aromatic carbocycles. The maximum atomic E-state index is 13.3. The molecule has 2 heterocycles. The molecule has 1 aliphatic heterocycles. The predicted molar refractivity (Wildman–Crippen MR) is 132 cm³/mol. The molecule has 0 aliphatic carbocycles. The van der Waals surface area contributed by atoms with E-state index in [-0.39, 0.29) is 11.3 Å². The third kappa shape index (κ3) is 4.41. The smallest absolute Gasteiger partial charge is 0.300 e. The first-order valence-electron chi connectivity index (χ1n) is 11.0. The van der Waals surface area contributed by atoms with Crippen molar-refractivity contribution in [2.75, 3.05) is 11.5 Å². The normalized spacial score (nSPS) is 17.4. The van der Waals surface area contributed by atoms with Crippen molar-refractivity contribution < 1.29 is 19.4 Å². The summed E-state index contributed by atoms with van der Waals surface area (Å²) in [6.45, 7) is 6.38. The molecular formula is C27H25ClN2O4. The van der Waals surface area contributed by atoms with E-state index in [2.05, 4.69) is 4.98 Å². The molecule has 7 heteroatoms. The molecule has 1 N–H and O–H groups in total. The van der Waals surface area contributed by atoms with Crippen LogP contribution in [0.15, 0.2) is 72.6 Å². The van der Waals surface area contributed by atoms with Crippen molar-refractivity contribution in [2.45, 2.75) is 26.8 Å². The van der Waals surface area contributed by atoms with E-state index in [1.165, 1.54) is 4.90 Å². The standard InChI is InChI=1S/C27H25ClN2O4/c1-16(2)15-34-20-7-4-6-19(14-20)25(31)23-24(18-10-12-29-13-11-18)30(27(33)26(23)32)22-9-5-8-21(28)17(22)3/h4-14,16,24,31H,15H2,1-3H3/b25-23+. The number of carbonyl (C=O) groups excluding carboxylic acids is 2. The van der Waals surface area contributed by atoms with E-state index in [0.717, 1.165) is 0 Å². The number of nitrogens with zero attached hydrogens (tertiary/aromatic N) is 2. The van der Waals surface area contributed by atoms with E-state index in [1.807, 2.05) is 13.8 Å². The zero-order valence-electron chi connectivity index (χ0n) is 19.2. The quantitative estimate of drug-likeness (QED) is 0.280. The van der Waals surface area contributed by atoms with Crippen LogP contribution in [-0.4, -0.2) is 28.4 Å². The van der Waals surface area contributed by atoms with Crippen molar-refractivity contribution in [1.82, 2.24) is 4.98 Å². The first kappa shape index (κ1) is 23.5. The number of halogens is 1. The van der Waals surface area contributed by atoms with E-state index in [0.29, 0.717) is 45.7 Å². The second kappa shape index (κ2) is 9.69. The Morgan fingerprint density at radius 2 is 1.82 bits per heavy atom. The summed E-state index contributed by atoms with van der Waals surface area (Å²) >= 11 is 6.33. The Balaban J connectivity index is 1.88. The molecule has 0 saturated carbocycles. The molecule has 0 bridgehead atoms. The monoisotopic (exact) mass is 476 g/mol. The Morgan fingerprint density at radius 3 is 2.53 bits per heavy atom. The van der Waals surface area contributed by atoms with Gasteiger partial charge in [-0.3, -0.25) is 19.5 Å². The summed E-state index contributed by atoms with van der Waals surface area (Å²) in [4.78, 5) is 32.0. The van der Waals surface area contributed by atoms with E-state index >= 15 is 0 Å². The van der Waals surface area contributed by atoms with Crippen LogP contribution < -0.4 is 9.64 Å². The van der Waals surface area contributed by atoms with Crippen molar-refractivity contribution in [3.8, 4) is 5.75 Å². The van der Waals surface area contributed by atoms with Gasteiger partial charge in [0.15, 0.2) is 0 Å². The largest absolute Gasteiger partial charge is 0.507 e. The third-order valence-electron chi connectivity index (χ3n) is 5.66. The van der Waals surface area contributed by atoms with E-state index < -0.39 is 17.7 Å². The van der Waals surface area contributed by atoms with Crippen LogP contribution in [0.1, 0.15) is 36.6 Å². The first-order chi connectivity index (χ1) is 16.3. The highest BCUT2D eigenvalue weighted by molar-refractivity contribution is 6.52. The van der Waals surface area contributed by atoms with Gasteiger partial charge < -0.3 is 9.84 Å². The summed E-state index contributed by atoms with van der Waals surface area (Å²) in [5, 5.41) is 11.8. The van der Waals surface area contributed by atoms with Crippen molar-refractivity contribution in [2.24, 2.45) is 5.92 Å². The second-order valence-corrected chi connectivity index (χ2v) is 8.97. The maximum absolute atomic E-state index is 13.3. The van der Waals surface area contributed by atoms with Crippen molar-refractivity contribution in [1.29, 1.82) is 0 Å². The van der Waals surface area contributed by atoms with E-state index in [1.54, 1.807) is 73.9 Å². The van der Waals surface area contributed by atoms with Gasteiger partial charge in [-0.2, -0.15) is 0 Å². The molecule has 34 heavy (non-hydrogen) atoms. The average molecular weight is 477 g/mol. The van der Waals surface area contributed by atoms with Gasteiger partial charge in [0.05, 0.1) is 18.2 Å². The number of amides is 1. The average Bonchev–Trinajstić information content (AvgIpc) is 3.10. The number of hydrogen-bond donors (Lipinski definition) is 1. The molecule has 1 aromatic heterocycles. The van der Waals surface area contributed by atoms with Crippen LogP contribution in [0.25, 0.3) is 5.76 Å². The van der Waals surface area contributed by atoms with Gasteiger partial charge in [-0.25, -0.2) is 0 Å². The minimum atomic E-state index is -0.847. The van der Waals surface area contributed by atoms with Crippen LogP contribution in [0.2, 0.25) is 5.02 Å². The van der Waals surface area contributed by atoms with Gasteiger partial charge in [-0.05, 0) is 60.4 Å². The molecule has 1 aliphatic rings. The number of benzene rings is 2. The number of pyridine rings is 1. The molecule has 1 unspecified atom stereocenters. The van der Waals surface area contributed by atoms with Gasteiger partial charge in [-0.1, -0.05) is 43.6 Å². The number of ether oxygens (including phenoxy) is 1. The van der Waals surface area contributed by atoms with Crippen LogP contribution in [0.3, 0.4) is 0 Å². The number of aliphatic hydroxyl groups excluding tert-OH is 1. The molecule has 1 saturated heterocycles. The minimum absolute atomic E-state index is 0.00316. The van der Waals surface area contributed by atoms with Crippen molar-refractivity contribution in [3.05, 3.63) is 94.3 Å². The Bertz CT molecular complexity index is 1270. The third-order valence-corrected chi connectivity index (χ3v) is 6.07. The van der Waals surface area contributed by atoms with Crippen LogP contribution >= 0.6 is 11.6 Å². The van der Waals surface area contributed by atoms with E-state index in [9.17, 15) is 14.7 Å². The molecule has 1 amide bonds. The van der Waals surface area contributed by atoms with Gasteiger partial charge in [0.1, 0.15) is 11.5 Å². The Hall–Kier alpha value is -3.64. The number of aliphatic hydroxyl groups is 1. The lowest BCUT2D eigenvalue weighted by Gasteiger charge is -2.27. The number of Topliss-reactive ketones (excluding diaryl/α,β-unsaturated/α-hetero) is 1. The van der Waals surface area contributed by atoms with Crippen LogP contribution in [-0.2, 0) is 9.59 Å². The number of hydrogen-bond acceptors (Lipinski definition) is 5. The van der Waals surface area contributed by atoms with Crippen molar-refractivity contribution in [3.63, 3.8) is 0 Å². The zero-order valence-corrected chi connectivity index (χ0v) is 19.9. The Labute approximate surface area is 203 Å². The fourth-order valence-corrected chi connectivity index (χ4v) is 4.12. The second-order valence-electron chi connectivity index (χ2n) is 8.57. The molecule has 1 atom stereocenters. The summed E-state index contributed by atoms with van der Waals surface area (Å²) < 4.78 is 5.78. The molecule has 6 nitrogen and oxygen atoms in total. The summed E-state index contributed by atoms with van der Waals surface area (Å²) in [7, 11) is 0. The highest BCUT2D eigenvalue weighted by Crippen LogP contribution is 2.44.